The van der Waals surface area contributed by atoms with Crippen molar-refractivity contribution < 1.29 is 13.9 Å². The summed E-state index contributed by atoms with van der Waals surface area (Å²) < 4.78 is 26.5. The molecule has 0 unspecified atom stereocenters. The van der Waals surface area contributed by atoms with Crippen molar-refractivity contribution in [3.8, 4) is 11.5 Å². The average Bonchev–Trinajstić information content (AvgIpc) is 2.95. The number of rotatable bonds is 7. The second kappa shape index (κ2) is 10.1. The van der Waals surface area contributed by atoms with Crippen molar-refractivity contribution in [3.05, 3.63) is 57.8 Å². The zero-order chi connectivity index (χ0) is 19.1. The van der Waals surface area contributed by atoms with Crippen LogP contribution in [0, 0.1) is 5.82 Å². The van der Waals surface area contributed by atoms with Crippen LogP contribution in [0.4, 0.5) is 4.39 Å². The van der Waals surface area contributed by atoms with Gasteiger partial charge < -0.3 is 14.8 Å². The molecular formula is C22H27BrFNO2. The van der Waals surface area contributed by atoms with Crippen LogP contribution in [-0.4, -0.2) is 13.2 Å². The fraction of sp³-hybridized carbons (Fsp3) is 0.455. The van der Waals surface area contributed by atoms with Gasteiger partial charge in [0.25, 0.3) is 0 Å². The topological polar surface area (TPSA) is 30.5 Å². The second-order valence-corrected chi connectivity index (χ2v) is 7.86. The maximum absolute atomic E-state index is 14.0. The Morgan fingerprint density at radius 1 is 1.07 bits per heavy atom. The zero-order valence-corrected chi connectivity index (χ0v) is 17.4. The molecule has 1 aliphatic rings. The normalized spacial score (nSPS) is 15.4. The molecule has 0 bridgehead atoms. The predicted octanol–water partition coefficient (Wildman–Crippen LogP) is 5.99. The molecule has 0 saturated heterocycles. The molecule has 0 spiro atoms. The molecule has 0 amide bonds. The summed E-state index contributed by atoms with van der Waals surface area (Å²) in [6, 6.07) is 11.1. The van der Waals surface area contributed by atoms with Gasteiger partial charge in [0.2, 0.25) is 0 Å². The summed E-state index contributed by atoms with van der Waals surface area (Å²) in [5.41, 5.74) is 1.54. The van der Waals surface area contributed by atoms with Gasteiger partial charge in [0.05, 0.1) is 7.11 Å². The summed E-state index contributed by atoms with van der Waals surface area (Å²) in [4.78, 5) is 0. The molecule has 1 fully saturated rings. The molecule has 1 saturated carbocycles. The first kappa shape index (κ1) is 20.2. The van der Waals surface area contributed by atoms with Crippen LogP contribution in [-0.2, 0) is 13.2 Å². The Balaban J connectivity index is 1.76. The highest BCUT2D eigenvalue weighted by molar-refractivity contribution is 9.10. The Hall–Kier alpha value is -1.59. The lowest BCUT2D eigenvalue weighted by molar-refractivity contribution is 0.275. The first-order valence-electron chi connectivity index (χ1n) is 9.64. The number of ether oxygens (including phenoxy) is 2. The monoisotopic (exact) mass is 435 g/mol. The Bertz CT molecular complexity index is 745. The van der Waals surface area contributed by atoms with Gasteiger partial charge in [-0.15, -0.1) is 0 Å². The van der Waals surface area contributed by atoms with Gasteiger partial charge in [-0.3, -0.25) is 0 Å². The number of hydrogen-bond acceptors (Lipinski definition) is 3. The number of benzene rings is 2. The third kappa shape index (κ3) is 5.45. The van der Waals surface area contributed by atoms with Crippen LogP contribution in [0.3, 0.4) is 0 Å². The molecule has 3 rings (SSSR count). The largest absolute Gasteiger partial charge is 0.493 e. The van der Waals surface area contributed by atoms with Crippen molar-refractivity contribution in [2.24, 2.45) is 0 Å². The summed E-state index contributed by atoms with van der Waals surface area (Å²) in [6.07, 6.45) is 7.66. The van der Waals surface area contributed by atoms with Crippen molar-refractivity contribution in [2.75, 3.05) is 7.11 Å². The third-order valence-corrected chi connectivity index (χ3v) is 5.88. The third-order valence-electron chi connectivity index (χ3n) is 5.14. The highest BCUT2D eigenvalue weighted by atomic mass is 79.9. The highest BCUT2D eigenvalue weighted by Crippen LogP contribution is 2.37. The van der Waals surface area contributed by atoms with E-state index in [-0.39, 0.29) is 12.4 Å². The molecule has 5 heteroatoms. The second-order valence-electron chi connectivity index (χ2n) is 7.01. The predicted molar refractivity (Wildman–Crippen MR) is 110 cm³/mol. The van der Waals surface area contributed by atoms with Gasteiger partial charge in [0.15, 0.2) is 11.5 Å². The van der Waals surface area contributed by atoms with Crippen LogP contribution in [0.2, 0.25) is 0 Å². The lowest BCUT2D eigenvalue weighted by atomic mass is 10.1. The SMILES string of the molecule is COc1ccc(Br)c(CNC2CCCCCC2)c1OCc1ccccc1F. The first-order valence-corrected chi connectivity index (χ1v) is 10.4. The standard InChI is InChI=1S/C22H27BrFNO2/c1-26-21-13-12-19(23)18(14-25-17-9-4-2-3-5-10-17)22(21)27-15-16-8-6-7-11-20(16)24/h6-8,11-13,17,25H,2-5,9-10,14-15H2,1H3. The molecule has 0 radical (unpaired) electrons. The molecule has 27 heavy (non-hydrogen) atoms. The Morgan fingerprint density at radius 3 is 2.52 bits per heavy atom. The van der Waals surface area contributed by atoms with E-state index in [4.69, 9.17) is 9.47 Å². The smallest absolute Gasteiger partial charge is 0.167 e. The van der Waals surface area contributed by atoms with Crippen LogP contribution in [0.15, 0.2) is 40.9 Å². The molecule has 1 aliphatic carbocycles. The van der Waals surface area contributed by atoms with E-state index in [0.29, 0.717) is 29.6 Å². The highest BCUT2D eigenvalue weighted by Gasteiger charge is 2.18. The van der Waals surface area contributed by atoms with Crippen molar-refractivity contribution in [1.82, 2.24) is 5.32 Å². The van der Waals surface area contributed by atoms with E-state index in [1.165, 1.54) is 44.6 Å². The Morgan fingerprint density at radius 2 is 1.81 bits per heavy atom. The maximum atomic E-state index is 14.0. The van der Waals surface area contributed by atoms with Crippen LogP contribution < -0.4 is 14.8 Å². The number of methoxy groups -OCH3 is 1. The number of hydrogen-bond donors (Lipinski definition) is 1. The van der Waals surface area contributed by atoms with Gasteiger partial charge in [-0.25, -0.2) is 4.39 Å². The summed E-state index contributed by atoms with van der Waals surface area (Å²) >= 11 is 3.64. The average molecular weight is 436 g/mol. The first-order chi connectivity index (χ1) is 13.2. The molecule has 2 aromatic rings. The van der Waals surface area contributed by atoms with Gasteiger partial charge in [0.1, 0.15) is 12.4 Å². The molecule has 3 nitrogen and oxygen atoms in total. The minimum Gasteiger partial charge on any atom is -0.493 e. The quantitative estimate of drug-likeness (QED) is 0.541. The van der Waals surface area contributed by atoms with Crippen LogP contribution in [0.25, 0.3) is 0 Å². The van der Waals surface area contributed by atoms with E-state index in [0.717, 1.165) is 10.0 Å². The van der Waals surface area contributed by atoms with E-state index >= 15 is 0 Å². The van der Waals surface area contributed by atoms with E-state index in [9.17, 15) is 4.39 Å². The minimum atomic E-state index is -0.260. The van der Waals surface area contributed by atoms with Gasteiger partial charge in [-0.1, -0.05) is 59.8 Å². The summed E-state index contributed by atoms with van der Waals surface area (Å²) in [7, 11) is 1.63. The zero-order valence-electron chi connectivity index (χ0n) is 15.8. The van der Waals surface area contributed by atoms with Crippen molar-refractivity contribution in [3.63, 3.8) is 0 Å². The lowest BCUT2D eigenvalue weighted by Gasteiger charge is -2.20. The van der Waals surface area contributed by atoms with E-state index in [2.05, 4.69) is 21.2 Å². The fourth-order valence-corrected chi connectivity index (χ4v) is 4.01. The lowest BCUT2D eigenvalue weighted by Crippen LogP contribution is -2.28. The molecule has 146 valence electrons. The maximum Gasteiger partial charge on any atom is 0.167 e. The Labute approximate surface area is 169 Å². The summed E-state index contributed by atoms with van der Waals surface area (Å²) in [5, 5.41) is 3.68. The number of nitrogens with one attached hydrogen (secondary N) is 1. The van der Waals surface area contributed by atoms with E-state index < -0.39 is 0 Å². The van der Waals surface area contributed by atoms with Gasteiger partial charge in [0, 0.05) is 28.2 Å². The number of halogens is 2. The van der Waals surface area contributed by atoms with Crippen LogP contribution >= 0.6 is 15.9 Å². The van der Waals surface area contributed by atoms with Crippen molar-refractivity contribution in [2.45, 2.75) is 57.7 Å². The fourth-order valence-electron chi connectivity index (χ4n) is 3.56. The van der Waals surface area contributed by atoms with Crippen LogP contribution in [0.1, 0.15) is 49.7 Å². The van der Waals surface area contributed by atoms with Gasteiger partial charge in [-0.05, 0) is 31.0 Å². The van der Waals surface area contributed by atoms with Gasteiger partial charge in [-0.2, -0.15) is 0 Å². The van der Waals surface area contributed by atoms with E-state index in [1.54, 1.807) is 19.2 Å². The molecule has 0 aromatic heterocycles. The molecular weight excluding hydrogens is 409 g/mol. The van der Waals surface area contributed by atoms with Crippen molar-refractivity contribution >= 4 is 15.9 Å². The minimum absolute atomic E-state index is 0.163. The van der Waals surface area contributed by atoms with E-state index in [1.807, 2.05) is 18.2 Å². The molecule has 1 N–H and O–H groups in total. The van der Waals surface area contributed by atoms with Gasteiger partial charge >= 0.3 is 0 Å². The molecule has 0 aliphatic heterocycles. The summed E-state index contributed by atoms with van der Waals surface area (Å²) in [6.45, 7) is 0.852. The molecule has 0 heterocycles. The molecule has 2 aromatic carbocycles. The summed E-state index contributed by atoms with van der Waals surface area (Å²) in [5.74, 6) is 1.06. The Kier molecular flexibility index (Phi) is 7.53. The van der Waals surface area contributed by atoms with Crippen molar-refractivity contribution in [1.29, 1.82) is 0 Å². The van der Waals surface area contributed by atoms with Crippen LogP contribution in [0.5, 0.6) is 11.5 Å². The molecule has 0 atom stereocenters.